The fraction of sp³-hybridized carbons (Fsp3) is 1.00. The molecule has 0 saturated heterocycles. The summed E-state index contributed by atoms with van der Waals surface area (Å²) in [6.07, 6.45) is 2.52. The summed E-state index contributed by atoms with van der Waals surface area (Å²) in [7, 11) is 0. The third kappa shape index (κ3) is 2.43. The van der Waals surface area contributed by atoms with Crippen LogP contribution in [0.15, 0.2) is 0 Å². The van der Waals surface area contributed by atoms with Crippen LogP contribution >= 0.6 is 0 Å². The second kappa shape index (κ2) is 3.31. The summed E-state index contributed by atoms with van der Waals surface area (Å²) in [5.41, 5.74) is 0. The Bertz CT molecular complexity index is 138. The Morgan fingerprint density at radius 3 is 1.75 bits per heavy atom. The van der Waals surface area contributed by atoms with Gasteiger partial charge in [-0.1, -0.05) is 13.8 Å². The van der Waals surface area contributed by atoms with Gasteiger partial charge in [0.05, 0.1) is 0 Å². The molecule has 0 aromatic carbocycles. The van der Waals surface area contributed by atoms with Crippen molar-refractivity contribution in [3.8, 4) is 0 Å². The van der Waals surface area contributed by atoms with Crippen molar-refractivity contribution in [3.63, 3.8) is 0 Å². The minimum Gasteiger partial charge on any atom is -0.207 e. The molecule has 1 saturated carbocycles. The largest absolute Gasteiger partial charge is 0.248 e. The van der Waals surface area contributed by atoms with Gasteiger partial charge in [-0.25, -0.2) is 8.78 Å². The molecule has 12 heavy (non-hydrogen) atoms. The van der Waals surface area contributed by atoms with Crippen molar-refractivity contribution >= 4 is 0 Å². The SMILES string of the molecule is CC1CC(C)CC(C(C)(F)F)C1. The highest BCUT2D eigenvalue weighted by molar-refractivity contribution is 4.81. The molecule has 0 radical (unpaired) electrons. The lowest BCUT2D eigenvalue weighted by Crippen LogP contribution is -2.32. The molecule has 0 amide bonds. The number of hydrogen-bond donors (Lipinski definition) is 0. The van der Waals surface area contributed by atoms with Gasteiger partial charge in [0.1, 0.15) is 0 Å². The van der Waals surface area contributed by atoms with Gasteiger partial charge >= 0.3 is 0 Å². The second-order valence-corrected chi connectivity index (χ2v) is 4.57. The Balaban J connectivity index is 2.55. The Kier molecular flexibility index (Phi) is 2.74. The lowest BCUT2D eigenvalue weighted by atomic mass is 9.74. The topological polar surface area (TPSA) is 0 Å². The Hall–Kier alpha value is -0.140. The predicted molar refractivity (Wildman–Crippen MR) is 46.3 cm³/mol. The van der Waals surface area contributed by atoms with Crippen LogP contribution in [0.2, 0.25) is 0 Å². The predicted octanol–water partition coefficient (Wildman–Crippen LogP) is 3.71. The molecule has 0 nitrogen and oxygen atoms in total. The van der Waals surface area contributed by atoms with Gasteiger partial charge in [-0.2, -0.15) is 0 Å². The van der Waals surface area contributed by atoms with E-state index in [1.54, 1.807) is 0 Å². The molecule has 0 heterocycles. The highest BCUT2D eigenvalue weighted by Gasteiger charge is 2.38. The summed E-state index contributed by atoms with van der Waals surface area (Å²) in [5, 5.41) is 0. The van der Waals surface area contributed by atoms with Crippen LogP contribution in [0.4, 0.5) is 8.78 Å². The summed E-state index contributed by atoms with van der Waals surface area (Å²) in [4.78, 5) is 0. The first kappa shape index (κ1) is 9.94. The van der Waals surface area contributed by atoms with Gasteiger partial charge in [-0.3, -0.25) is 0 Å². The first-order valence-electron chi connectivity index (χ1n) is 4.77. The van der Waals surface area contributed by atoms with Crippen molar-refractivity contribution in [1.82, 2.24) is 0 Å². The summed E-state index contributed by atoms with van der Waals surface area (Å²) in [6, 6.07) is 0. The van der Waals surface area contributed by atoms with Crippen molar-refractivity contribution in [2.45, 2.75) is 46.0 Å². The zero-order valence-electron chi connectivity index (χ0n) is 8.11. The molecule has 1 fully saturated rings. The van der Waals surface area contributed by atoms with Crippen LogP contribution in [0.1, 0.15) is 40.0 Å². The monoisotopic (exact) mass is 176 g/mol. The molecular weight excluding hydrogens is 158 g/mol. The van der Waals surface area contributed by atoms with Gasteiger partial charge in [0.15, 0.2) is 0 Å². The van der Waals surface area contributed by atoms with E-state index in [9.17, 15) is 8.78 Å². The van der Waals surface area contributed by atoms with Gasteiger partial charge in [-0.15, -0.1) is 0 Å². The van der Waals surface area contributed by atoms with E-state index in [1.807, 2.05) is 0 Å². The number of hydrogen-bond acceptors (Lipinski definition) is 0. The van der Waals surface area contributed by atoms with E-state index in [4.69, 9.17) is 0 Å². The van der Waals surface area contributed by atoms with Gasteiger partial charge < -0.3 is 0 Å². The van der Waals surface area contributed by atoms with E-state index in [0.29, 0.717) is 24.7 Å². The smallest absolute Gasteiger partial charge is 0.207 e. The van der Waals surface area contributed by atoms with Crippen molar-refractivity contribution in [1.29, 1.82) is 0 Å². The number of halogens is 2. The Labute approximate surface area is 73.3 Å². The molecule has 0 aromatic rings. The van der Waals surface area contributed by atoms with Crippen LogP contribution in [0.3, 0.4) is 0 Å². The summed E-state index contributed by atoms with van der Waals surface area (Å²) >= 11 is 0. The van der Waals surface area contributed by atoms with Gasteiger partial charge in [-0.05, 0) is 38.0 Å². The Morgan fingerprint density at radius 1 is 1.00 bits per heavy atom. The van der Waals surface area contributed by atoms with Gasteiger partial charge in [0.25, 0.3) is 0 Å². The molecule has 1 aliphatic rings. The molecular formula is C10H18F2. The first-order valence-corrected chi connectivity index (χ1v) is 4.77. The van der Waals surface area contributed by atoms with E-state index in [2.05, 4.69) is 13.8 Å². The molecule has 0 aliphatic heterocycles. The lowest BCUT2D eigenvalue weighted by Gasteiger charge is -2.34. The van der Waals surface area contributed by atoms with Gasteiger partial charge in [0, 0.05) is 5.92 Å². The molecule has 1 aliphatic carbocycles. The highest BCUT2D eigenvalue weighted by Crippen LogP contribution is 2.40. The molecule has 2 atom stereocenters. The fourth-order valence-electron chi connectivity index (χ4n) is 2.36. The second-order valence-electron chi connectivity index (χ2n) is 4.57. The molecule has 72 valence electrons. The van der Waals surface area contributed by atoms with Crippen molar-refractivity contribution in [3.05, 3.63) is 0 Å². The zero-order chi connectivity index (χ0) is 9.35. The quantitative estimate of drug-likeness (QED) is 0.571. The zero-order valence-corrected chi connectivity index (χ0v) is 8.11. The maximum Gasteiger partial charge on any atom is 0.248 e. The molecule has 2 heteroatoms. The maximum atomic E-state index is 13.0. The van der Waals surface area contributed by atoms with E-state index in [1.165, 1.54) is 0 Å². The fourth-order valence-corrected chi connectivity index (χ4v) is 2.36. The van der Waals surface area contributed by atoms with Crippen LogP contribution in [-0.4, -0.2) is 5.92 Å². The van der Waals surface area contributed by atoms with E-state index in [-0.39, 0.29) is 5.92 Å². The molecule has 0 N–H and O–H groups in total. The third-order valence-corrected chi connectivity index (χ3v) is 2.90. The minimum atomic E-state index is -2.47. The van der Waals surface area contributed by atoms with Crippen LogP contribution < -0.4 is 0 Å². The first-order chi connectivity index (χ1) is 5.39. The number of alkyl halides is 2. The van der Waals surface area contributed by atoms with Crippen LogP contribution in [0.5, 0.6) is 0 Å². The summed E-state index contributed by atoms with van der Waals surface area (Å²) in [6.45, 7) is 5.21. The molecule has 0 bridgehead atoms. The van der Waals surface area contributed by atoms with Gasteiger partial charge in [0.2, 0.25) is 5.92 Å². The normalized spacial score (nSPS) is 38.2. The summed E-state index contributed by atoms with van der Waals surface area (Å²) < 4.78 is 25.9. The van der Waals surface area contributed by atoms with Crippen LogP contribution in [0, 0.1) is 17.8 Å². The highest BCUT2D eigenvalue weighted by atomic mass is 19.3. The van der Waals surface area contributed by atoms with Crippen LogP contribution in [-0.2, 0) is 0 Å². The molecule has 2 unspecified atom stereocenters. The minimum absolute atomic E-state index is 0.378. The van der Waals surface area contributed by atoms with Crippen molar-refractivity contribution < 1.29 is 8.78 Å². The number of rotatable bonds is 1. The molecule has 1 rings (SSSR count). The standard InChI is InChI=1S/C10H18F2/c1-7-4-8(2)6-9(5-7)10(3,11)12/h7-9H,4-6H2,1-3H3. The third-order valence-electron chi connectivity index (χ3n) is 2.90. The summed E-state index contributed by atoms with van der Waals surface area (Å²) in [5.74, 6) is -1.89. The average Bonchev–Trinajstić information content (AvgIpc) is 1.82. The van der Waals surface area contributed by atoms with E-state index < -0.39 is 5.92 Å². The molecule has 0 aromatic heterocycles. The van der Waals surface area contributed by atoms with Crippen molar-refractivity contribution in [2.75, 3.05) is 0 Å². The average molecular weight is 176 g/mol. The van der Waals surface area contributed by atoms with Crippen LogP contribution in [0.25, 0.3) is 0 Å². The van der Waals surface area contributed by atoms with E-state index in [0.717, 1.165) is 13.3 Å². The van der Waals surface area contributed by atoms with Crippen molar-refractivity contribution in [2.24, 2.45) is 17.8 Å². The Morgan fingerprint density at radius 2 is 1.42 bits per heavy atom. The lowest BCUT2D eigenvalue weighted by molar-refractivity contribution is -0.0675. The molecule has 0 spiro atoms. The maximum absolute atomic E-state index is 13.0. The van der Waals surface area contributed by atoms with E-state index >= 15 is 0 Å².